The van der Waals surface area contributed by atoms with Crippen LogP contribution < -0.4 is 0 Å². The van der Waals surface area contributed by atoms with Crippen LogP contribution in [0.1, 0.15) is 73.6 Å². The fraction of sp³-hybridized carbons (Fsp3) is 0.480. The van der Waals surface area contributed by atoms with Gasteiger partial charge in [0.1, 0.15) is 11.2 Å². The van der Waals surface area contributed by atoms with Crippen molar-refractivity contribution in [1.82, 2.24) is 0 Å². The van der Waals surface area contributed by atoms with Crippen molar-refractivity contribution < 1.29 is 40.6 Å². The van der Waals surface area contributed by atoms with E-state index < -0.39 is 40.8 Å². The topological polar surface area (TPSA) is 35.5 Å². The van der Waals surface area contributed by atoms with Crippen LogP contribution in [0.4, 0.5) is 31.1 Å². The van der Waals surface area contributed by atoms with Crippen molar-refractivity contribution in [2.24, 2.45) is 0 Å². The van der Waals surface area contributed by atoms with Gasteiger partial charge in [0, 0.05) is 0 Å². The Bertz CT molecular complexity index is 915. The van der Waals surface area contributed by atoms with Crippen molar-refractivity contribution in [1.29, 1.82) is 0 Å². The van der Waals surface area contributed by atoms with Gasteiger partial charge in [-0.1, -0.05) is 24.3 Å². The first-order valence-electron chi connectivity index (χ1n) is 11.2. The van der Waals surface area contributed by atoms with Crippen LogP contribution in [0.25, 0.3) is 0 Å². The molecule has 4 rings (SSSR count). The molecule has 0 amide bonds. The summed E-state index contributed by atoms with van der Waals surface area (Å²) in [4.78, 5) is 13.0. The Hall–Kier alpha value is -2.71. The van der Waals surface area contributed by atoms with E-state index in [1.807, 2.05) is 0 Å². The van der Waals surface area contributed by atoms with Crippen molar-refractivity contribution in [2.75, 3.05) is 0 Å². The van der Waals surface area contributed by atoms with E-state index in [0.29, 0.717) is 36.8 Å². The maximum atomic E-state index is 13.0. The lowest BCUT2D eigenvalue weighted by Crippen LogP contribution is -2.35. The molecule has 0 radical (unpaired) electrons. The van der Waals surface area contributed by atoms with Gasteiger partial charge in [-0.25, -0.2) is 4.79 Å². The highest BCUT2D eigenvalue weighted by molar-refractivity contribution is 5.62. The van der Waals surface area contributed by atoms with Gasteiger partial charge in [0.25, 0.3) is 0 Å². The zero-order valence-electron chi connectivity index (χ0n) is 18.3. The molecule has 2 fully saturated rings. The van der Waals surface area contributed by atoms with Crippen molar-refractivity contribution in [3.8, 4) is 0 Å². The molecule has 0 spiro atoms. The van der Waals surface area contributed by atoms with Crippen molar-refractivity contribution in [2.45, 2.75) is 74.9 Å². The second kappa shape index (κ2) is 8.82. The largest absolute Gasteiger partial charge is 0.510 e. The Balaban J connectivity index is 1.55. The minimum Gasteiger partial charge on any atom is -0.423 e. The Morgan fingerprint density at radius 1 is 0.588 bits per heavy atom. The van der Waals surface area contributed by atoms with E-state index in [4.69, 9.17) is 9.47 Å². The van der Waals surface area contributed by atoms with Crippen molar-refractivity contribution in [3.63, 3.8) is 0 Å². The molecule has 0 aromatic heterocycles. The Labute approximate surface area is 193 Å². The van der Waals surface area contributed by atoms with Crippen molar-refractivity contribution >= 4 is 6.16 Å². The monoisotopic (exact) mass is 486 g/mol. The average molecular weight is 486 g/mol. The fourth-order valence-electron chi connectivity index (χ4n) is 5.06. The highest BCUT2D eigenvalue weighted by Gasteiger charge is 2.45. The molecule has 0 bridgehead atoms. The molecular weight excluding hydrogens is 462 g/mol. The summed E-state index contributed by atoms with van der Waals surface area (Å²) in [5.74, 6) is 0. The van der Waals surface area contributed by atoms with Gasteiger partial charge in [0.05, 0.1) is 11.1 Å². The molecule has 34 heavy (non-hydrogen) atoms. The van der Waals surface area contributed by atoms with E-state index in [-0.39, 0.29) is 0 Å². The molecule has 0 atom stereocenters. The molecule has 0 N–H and O–H groups in total. The number of halogens is 6. The number of alkyl halides is 6. The highest BCUT2D eigenvalue weighted by atomic mass is 19.4. The summed E-state index contributed by atoms with van der Waals surface area (Å²) < 4.78 is 89.3. The van der Waals surface area contributed by atoms with E-state index >= 15 is 0 Å². The van der Waals surface area contributed by atoms with E-state index in [1.54, 1.807) is 0 Å². The number of rotatable bonds is 4. The summed E-state index contributed by atoms with van der Waals surface area (Å²) in [5, 5.41) is 0. The van der Waals surface area contributed by atoms with Crippen LogP contribution >= 0.6 is 0 Å². The molecular formula is C25H24F6O3. The zero-order chi connectivity index (χ0) is 24.6. The molecule has 184 valence electrons. The summed E-state index contributed by atoms with van der Waals surface area (Å²) in [5.41, 5.74) is -2.85. The molecule has 0 heterocycles. The fourth-order valence-corrected chi connectivity index (χ4v) is 5.06. The van der Waals surface area contributed by atoms with Gasteiger partial charge < -0.3 is 9.47 Å². The summed E-state index contributed by atoms with van der Waals surface area (Å²) in [7, 11) is 0. The van der Waals surface area contributed by atoms with Crippen LogP contribution in [0.5, 0.6) is 0 Å². The first kappa shape index (κ1) is 24.4. The lowest BCUT2D eigenvalue weighted by Gasteiger charge is -2.34. The predicted molar refractivity (Wildman–Crippen MR) is 111 cm³/mol. The Morgan fingerprint density at radius 3 is 1.15 bits per heavy atom. The van der Waals surface area contributed by atoms with Gasteiger partial charge in [0.2, 0.25) is 0 Å². The molecule has 0 saturated heterocycles. The van der Waals surface area contributed by atoms with Crippen LogP contribution in [0, 0.1) is 0 Å². The van der Waals surface area contributed by atoms with Gasteiger partial charge in [-0.15, -0.1) is 0 Å². The third kappa shape index (κ3) is 4.88. The minimum atomic E-state index is -4.47. The molecule has 2 aliphatic rings. The standard InChI is InChI=1S/C25H24F6O3/c26-24(27,28)19-9-5-17(6-10-19)22(13-1-2-14-22)33-21(32)34-23(15-3-4-16-23)18-7-11-20(12-8-18)25(29,30)31/h5-12H,1-4,13-16H2. The molecule has 0 unspecified atom stereocenters. The van der Waals surface area contributed by atoms with Gasteiger partial charge in [0.15, 0.2) is 0 Å². The second-order valence-electron chi connectivity index (χ2n) is 9.01. The van der Waals surface area contributed by atoms with Crippen LogP contribution in [0.3, 0.4) is 0 Å². The van der Waals surface area contributed by atoms with E-state index in [1.165, 1.54) is 24.3 Å². The highest BCUT2D eigenvalue weighted by Crippen LogP contribution is 2.46. The number of benzene rings is 2. The number of hydrogen-bond acceptors (Lipinski definition) is 3. The average Bonchev–Trinajstić information content (AvgIpc) is 3.44. The van der Waals surface area contributed by atoms with Gasteiger partial charge in [-0.05, 0) is 86.8 Å². The first-order chi connectivity index (χ1) is 15.9. The number of carbonyl (C=O) groups is 1. The smallest absolute Gasteiger partial charge is 0.423 e. The lowest BCUT2D eigenvalue weighted by molar-refractivity contribution is -0.138. The Morgan fingerprint density at radius 2 is 0.882 bits per heavy atom. The molecule has 0 aliphatic heterocycles. The van der Waals surface area contributed by atoms with Gasteiger partial charge in [-0.3, -0.25) is 0 Å². The summed E-state index contributed by atoms with van der Waals surface area (Å²) in [6, 6.07) is 9.14. The molecule has 3 nitrogen and oxygen atoms in total. The number of carbonyl (C=O) groups excluding carboxylic acids is 1. The van der Waals surface area contributed by atoms with E-state index in [2.05, 4.69) is 0 Å². The molecule has 2 aromatic rings. The third-order valence-electron chi connectivity index (χ3n) is 6.86. The SMILES string of the molecule is O=C(OC1(c2ccc(C(F)(F)F)cc2)CCCC1)OC1(c2ccc(C(F)(F)F)cc2)CCCC1. The molecule has 2 aromatic carbocycles. The first-order valence-corrected chi connectivity index (χ1v) is 11.2. The lowest BCUT2D eigenvalue weighted by atomic mass is 9.90. The van der Waals surface area contributed by atoms with Crippen LogP contribution in [-0.2, 0) is 33.0 Å². The Kier molecular flexibility index (Phi) is 6.33. The maximum Gasteiger partial charge on any atom is 0.510 e. The van der Waals surface area contributed by atoms with Gasteiger partial charge in [-0.2, -0.15) is 26.3 Å². The number of hydrogen-bond donors (Lipinski definition) is 0. The van der Waals surface area contributed by atoms with Gasteiger partial charge >= 0.3 is 18.5 Å². The molecule has 2 aliphatic carbocycles. The third-order valence-corrected chi connectivity index (χ3v) is 6.86. The van der Waals surface area contributed by atoms with Crippen LogP contribution in [-0.4, -0.2) is 6.16 Å². The quantitative estimate of drug-likeness (QED) is 0.323. The van der Waals surface area contributed by atoms with E-state index in [9.17, 15) is 31.1 Å². The maximum absolute atomic E-state index is 13.0. The van der Waals surface area contributed by atoms with Crippen LogP contribution in [0.2, 0.25) is 0 Å². The minimum absolute atomic E-state index is 0.445. The summed E-state index contributed by atoms with van der Waals surface area (Å²) >= 11 is 0. The van der Waals surface area contributed by atoms with E-state index in [0.717, 1.165) is 49.9 Å². The summed E-state index contributed by atoms with van der Waals surface area (Å²) in [6.07, 6.45) is -5.20. The zero-order valence-corrected chi connectivity index (χ0v) is 18.3. The summed E-state index contributed by atoms with van der Waals surface area (Å²) in [6.45, 7) is 0. The second-order valence-corrected chi connectivity index (χ2v) is 9.01. The molecule has 2 saturated carbocycles. The molecule has 9 heteroatoms. The predicted octanol–water partition coefficient (Wildman–Crippen LogP) is 8.12. The van der Waals surface area contributed by atoms with Crippen LogP contribution in [0.15, 0.2) is 48.5 Å². The number of ether oxygens (including phenoxy) is 2. The van der Waals surface area contributed by atoms with Crippen molar-refractivity contribution in [3.05, 3.63) is 70.8 Å². The normalized spacial score (nSPS) is 19.7.